The number of benzene rings is 2. The van der Waals surface area contributed by atoms with E-state index in [1.807, 2.05) is 33.9 Å². The second-order valence-electron chi connectivity index (χ2n) is 9.91. The number of aromatic nitrogens is 1. The predicted octanol–water partition coefficient (Wildman–Crippen LogP) is 8.28. The highest BCUT2D eigenvalue weighted by Gasteiger charge is 2.41. The van der Waals surface area contributed by atoms with E-state index in [4.69, 9.17) is 4.43 Å². The normalized spacial score (nSPS) is 12.1. The average Bonchev–Trinajstić information content (AvgIpc) is 2.81. The molecule has 0 amide bonds. The van der Waals surface area contributed by atoms with E-state index in [-0.39, 0.29) is 28.7 Å². The lowest BCUT2D eigenvalue weighted by Gasteiger charge is -2.38. The van der Waals surface area contributed by atoms with Gasteiger partial charge >= 0.3 is 13.2 Å². The number of rotatable bonds is 10. The van der Waals surface area contributed by atoms with Crippen molar-refractivity contribution in [1.82, 2.24) is 4.98 Å². The maximum atomic E-state index is 15.3. The summed E-state index contributed by atoms with van der Waals surface area (Å²) >= 11 is 0. The van der Waals surface area contributed by atoms with Crippen molar-refractivity contribution in [3.8, 4) is 17.2 Å². The molecule has 3 aromatic rings. The third-order valence-corrected chi connectivity index (χ3v) is 10.5. The Kier molecular flexibility index (Phi) is 8.85. The van der Waals surface area contributed by atoms with Crippen LogP contribution in [0.5, 0.6) is 17.2 Å². The van der Waals surface area contributed by atoms with Crippen LogP contribution in [0.25, 0.3) is 0 Å². The highest BCUT2D eigenvalue weighted by Crippen LogP contribution is 2.45. The van der Waals surface area contributed by atoms with E-state index < -0.39 is 44.7 Å². The zero-order valence-corrected chi connectivity index (χ0v) is 22.4. The second-order valence-corrected chi connectivity index (χ2v) is 14.6. The van der Waals surface area contributed by atoms with Gasteiger partial charge < -0.3 is 18.8 Å². The van der Waals surface area contributed by atoms with Gasteiger partial charge in [-0.2, -0.15) is 22.0 Å². The summed E-state index contributed by atoms with van der Waals surface area (Å²) in [6, 6.07) is 9.00. The van der Waals surface area contributed by atoms with E-state index in [1.165, 1.54) is 23.2 Å². The lowest BCUT2D eigenvalue weighted by molar-refractivity contribution is -0.0692. The molecule has 0 aliphatic heterocycles. The molecule has 0 bridgehead atoms. The molecule has 206 valence electrons. The van der Waals surface area contributed by atoms with E-state index in [1.54, 1.807) is 18.3 Å². The van der Waals surface area contributed by atoms with E-state index in [9.17, 15) is 22.0 Å². The van der Waals surface area contributed by atoms with Crippen LogP contribution in [-0.4, -0.2) is 26.5 Å². The lowest BCUT2D eigenvalue weighted by atomic mass is 10.1. The van der Waals surface area contributed by atoms with Gasteiger partial charge in [0.15, 0.2) is 23.1 Å². The fourth-order valence-corrected chi connectivity index (χ4v) is 4.29. The van der Waals surface area contributed by atoms with Gasteiger partial charge in [0.1, 0.15) is 0 Å². The highest BCUT2D eigenvalue weighted by atomic mass is 28.4. The zero-order valence-electron chi connectivity index (χ0n) is 21.4. The topological polar surface area (TPSA) is 43.8 Å². The molecule has 0 fully saturated rings. The molecule has 12 heteroatoms. The first-order valence-corrected chi connectivity index (χ1v) is 14.5. The molecule has 1 aromatic heterocycles. The van der Waals surface area contributed by atoms with Gasteiger partial charge in [0.05, 0.1) is 5.69 Å². The van der Waals surface area contributed by atoms with Crippen LogP contribution in [-0.2, 0) is 6.54 Å². The number of hydrogen-bond donors (Lipinski definition) is 0. The Bertz CT molecular complexity index is 1240. The molecular formula is C26H28F6N2O3Si. The minimum atomic E-state index is -3.34. The van der Waals surface area contributed by atoms with Crippen molar-refractivity contribution < 1.29 is 40.2 Å². The van der Waals surface area contributed by atoms with Crippen LogP contribution in [0.4, 0.5) is 37.7 Å². The second kappa shape index (κ2) is 11.5. The minimum absolute atomic E-state index is 0.00987. The molecule has 0 unspecified atom stereocenters. The molecule has 38 heavy (non-hydrogen) atoms. The van der Waals surface area contributed by atoms with Crippen LogP contribution in [0.1, 0.15) is 26.3 Å². The Labute approximate surface area is 218 Å². The number of hydrogen-bond acceptors (Lipinski definition) is 5. The van der Waals surface area contributed by atoms with Gasteiger partial charge in [-0.3, -0.25) is 4.98 Å². The molecule has 5 nitrogen and oxygen atoms in total. The van der Waals surface area contributed by atoms with Crippen molar-refractivity contribution in [3.05, 3.63) is 72.1 Å². The fourth-order valence-electron chi connectivity index (χ4n) is 3.28. The number of nitrogens with zero attached hydrogens (tertiary/aromatic N) is 2. The third kappa shape index (κ3) is 6.91. The molecule has 0 aliphatic carbocycles. The molecule has 0 saturated heterocycles. The Morgan fingerprint density at radius 1 is 0.921 bits per heavy atom. The maximum Gasteiger partial charge on any atom is 0.387 e. The standard InChI is InChI=1S/C26H28F6N2O3Si/c1-26(2,3)38(4,5)37-23-19(10-9-18(27)22(23)28)34(15-16-7-6-12-33-14-16)17-8-11-20(35-24(29)30)21(13-17)36-25(31)32/h6-14,24-25H,15H2,1-5H3. The Balaban J connectivity index is 2.23. The van der Waals surface area contributed by atoms with Crippen molar-refractivity contribution in [1.29, 1.82) is 0 Å². The number of anilines is 2. The third-order valence-electron chi connectivity index (χ3n) is 6.22. The summed E-state index contributed by atoms with van der Waals surface area (Å²) in [5.74, 6) is -3.99. The smallest absolute Gasteiger partial charge is 0.387 e. The first-order valence-electron chi connectivity index (χ1n) is 11.6. The molecule has 0 aliphatic rings. The first-order chi connectivity index (χ1) is 17.7. The van der Waals surface area contributed by atoms with Gasteiger partial charge in [-0.15, -0.1) is 0 Å². The monoisotopic (exact) mass is 558 g/mol. The quantitative estimate of drug-likeness (QED) is 0.185. The van der Waals surface area contributed by atoms with E-state index in [0.29, 0.717) is 5.56 Å². The van der Waals surface area contributed by atoms with Gasteiger partial charge in [-0.1, -0.05) is 26.8 Å². The van der Waals surface area contributed by atoms with E-state index in [2.05, 4.69) is 14.5 Å². The van der Waals surface area contributed by atoms with Crippen LogP contribution < -0.4 is 18.8 Å². The van der Waals surface area contributed by atoms with Gasteiger partial charge in [0.2, 0.25) is 5.82 Å². The number of halogens is 6. The molecule has 1 heterocycles. The lowest BCUT2D eigenvalue weighted by Crippen LogP contribution is -2.44. The Hall–Kier alpha value is -3.41. The van der Waals surface area contributed by atoms with Gasteiger partial charge in [0.25, 0.3) is 8.32 Å². The van der Waals surface area contributed by atoms with E-state index in [0.717, 1.165) is 18.2 Å². The van der Waals surface area contributed by atoms with Crippen LogP contribution in [0.15, 0.2) is 54.9 Å². The molecular weight excluding hydrogens is 530 g/mol. The predicted molar refractivity (Wildman–Crippen MR) is 134 cm³/mol. The van der Waals surface area contributed by atoms with Crippen molar-refractivity contribution in [3.63, 3.8) is 0 Å². The summed E-state index contributed by atoms with van der Waals surface area (Å²) in [6.45, 7) is 2.89. The summed E-state index contributed by atoms with van der Waals surface area (Å²) in [4.78, 5) is 5.53. The number of alkyl halides is 4. The number of ether oxygens (including phenoxy) is 2. The number of pyridine rings is 1. The first kappa shape index (κ1) is 29.1. The average molecular weight is 559 g/mol. The van der Waals surface area contributed by atoms with Crippen LogP contribution in [0.3, 0.4) is 0 Å². The Morgan fingerprint density at radius 2 is 1.58 bits per heavy atom. The van der Waals surface area contributed by atoms with Crippen molar-refractivity contribution in [2.24, 2.45) is 0 Å². The fraction of sp³-hybridized carbons (Fsp3) is 0.346. The SMILES string of the molecule is CC(C)(C)[Si](C)(C)Oc1c(N(Cc2cccnc2)c2ccc(OC(F)F)c(OC(F)F)c2)ccc(F)c1F. The van der Waals surface area contributed by atoms with Gasteiger partial charge in [-0.05, 0) is 54.0 Å². The van der Waals surface area contributed by atoms with Gasteiger partial charge in [0, 0.05) is 30.7 Å². The molecule has 0 N–H and O–H groups in total. The highest BCUT2D eigenvalue weighted by molar-refractivity contribution is 6.74. The maximum absolute atomic E-state index is 15.3. The van der Waals surface area contributed by atoms with Crippen molar-refractivity contribution in [2.75, 3.05) is 4.90 Å². The minimum Gasteiger partial charge on any atom is -0.540 e. The molecule has 0 radical (unpaired) electrons. The summed E-state index contributed by atoms with van der Waals surface area (Å²) in [6.07, 6.45) is 3.08. The largest absolute Gasteiger partial charge is 0.540 e. The molecule has 0 atom stereocenters. The van der Waals surface area contributed by atoms with Crippen molar-refractivity contribution >= 4 is 19.7 Å². The van der Waals surface area contributed by atoms with E-state index >= 15 is 4.39 Å². The van der Waals surface area contributed by atoms with Crippen molar-refractivity contribution in [2.45, 2.75) is 58.7 Å². The van der Waals surface area contributed by atoms with Crippen LogP contribution in [0, 0.1) is 11.6 Å². The molecule has 0 saturated carbocycles. The summed E-state index contributed by atoms with van der Waals surface area (Å²) < 4.78 is 96.7. The summed E-state index contributed by atoms with van der Waals surface area (Å²) in [5, 5.41) is -0.371. The Morgan fingerprint density at radius 3 is 2.16 bits per heavy atom. The van der Waals surface area contributed by atoms with Gasteiger partial charge in [-0.25, -0.2) is 4.39 Å². The summed E-state index contributed by atoms with van der Waals surface area (Å²) in [7, 11) is -2.70. The molecule has 0 spiro atoms. The van der Waals surface area contributed by atoms with Crippen LogP contribution in [0.2, 0.25) is 18.1 Å². The molecule has 3 rings (SSSR count). The summed E-state index contributed by atoms with van der Waals surface area (Å²) in [5.41, 5.74) is 0.847. The zero-order chi connectivity index (χ0) is 28.3. The molecule has 2 aromatic carbocycles. The van der Waals surface area contributed by atoms with Crippen LogP contribution >= 0.6 is 0 Å².